The van der Waals surface area contributed by atoms with E-state index in [4.69, 9.17) is 104 Å². The van der Waals surface area contributed by atoms with Gasteiger partial charge < -0.3 is 0 Å². The van der Waals surface area contributed by atoms with E-state index in [2.05, 4.69) is 0 Å². The molecule has 2 fully saturated rings. The number of halogens is 9. The number of alkyl halides is 9. The molecule has 0 aromatic heterocycles. The van der Waals surface area contributed by atoms with Crippen molar-refractivity contribution in [1.82, 2.24) is 0 Å². The van der Waals surface area contributed by atoms with Crippen molar-refractivity contribution < 1.29 is 0 Å². The molecule has 0 spiro atoms. The third-order valence-electron chi connectivity index (χ3n) is 4.52. The maximum atomic E-state index is 6.46. The first-order chi connectivity index (χ1) is 8.66. The molecular formula is C10H9Cl9. The minimum Gasteiger partial charge on any atom is -0.126 e. The zero-order valence-electron chi connectivity index (χ0n) is 9.20. The molecule has 2 bridgehead atoms. The summed E-state index contributed by atoms with van der Waals surface area (Å²) in [5.41, 5.74) is -1.87. The Balaban J connectivity index is 2.74. The monoisotopic (exact) mass is 444 g/mol. The molecular weight excluding hydrogens is 439 g/mol. The van der Waals surface area contributed by atoms with Gasteiger partial charge in [-0.3, -0.25) is 0 Å². The van der Waals surface area contributed by atoms with Gasteiger partial charge in [-0.25, -0.2) is 0 Å². The lowest BCUT2D eigenvalue weighted by molar-refractivity contribution is 0.159. The fourth-order valence-corrected chi connectivity index (χ4v) is 9.03. The van der Waals surface area contributed by atoms with E-state index in [9.17, 15) is 0 Å². The predicted octanol–water partition coefficient (Wildman–Crippen LogP) is 5.88. The topological polar surface area (TPSA) is 0 Å². The second-order valence-electron chi connectivity index (χ2n) is 5.02. The zero-order valence-corrected chi connectivity index (χ0v) is 16.0. The molecule has 0 amide bonds. The Morgan fingerprint density at radius 1 is 0.947 bits per heavy atom. The van der Waals surface area contributed by atoms with Crippen molar-refractivity contribution in [3.05, 3.63) is 0 Å². The molecule has 0 heterocycles. The van der Waals surface area contributed by atoms with Crippen LogP contribution in [0.5, 0.6) is 0 Å². The third-order valence-corrected chi connectivity index (χ3v) is 9.30. The lowest BCUT2D eigenvalue weighted by atomic mass is 9.70. The van der Waals surface area contributed by atoms with E-state index in [0.717, 1.165) is 0 Å². The standard InChI is InChI=1S/C10H9Cl9/c11-1-8(2-12)4-3(13)5(14)9(8,7(16)17)6(15)10(4,18)19/h3-7H,1-2H2/t3-,4-,5+,6-,9?/m1/s1. The van der Waals surface area contributed by atoms with Crippen LogP contribution in [0.3, 0.4) is 0 Å². The van der Waals surface area contributed by atoms with Gasteiger partial charge in [0.15, 0.2) is 0 Å². The average Bonchev–Trinajstić information content (AvgIpc) is 2.64. The highest BCUT2D eigenvalue weighted by Gasteiger charge is 2.84. The quantitative estimate of drug-likeness (QED) is 0.473. The average molecular weight is 448 g/mol. The Morgan fingerprint density at radius 3 is 1.74 bits per heavy atom. The van der Waals surface area contributed by atoms with Crippen LogP contribution in [0.25, 0.3) is 0 Å². The molecule has 9 heteroatoms. The highest BCUT2D eigenvalue weighted by atomic mass is 35.5. The summed E-state index contributed by atoms with van der Waals surface area (Å²) in [7, 11) is 0. The summed E-state index contributed by atoms with van der Waals surface area (Å²) < 4.78 is -1.34. The Hall–Kier alpha value is 2.61. The third kappa shape index (κ3) is 1.88. The maximum absolute atomic E-state index is 6.46. The summed E-state index contributed by atoms with van der Waals surface area (Å²) in [4.78, 5) is -0.944. The van der Waals surface area contributed by atoms with Crippen LogP contribution in [0.2, 0.25) is 0 Å². The van der Waals surface area contributed by atoms with Gasteiger partial charge in [-0.1, -0.05) is 23.2 Å². The van der Waals surface area contributed by atoms with Crippen LogP contribution in [0.1, 0.15) is 0 Å². The van der Waals surface area contributed by atoms with Crippen molar-refractivity contribution in [2.24, 2.45) is 16.7 Å². The minimum atomic E-state index is -1.34. The molecule has 0 aromatic carbocycles. The van der Waals surface area contributed by atoms with E-state index >= 15 is 0 Å². The van der Waals surface area contributed by atoms with Crippen LogP contribution >= 0.6 is 104 Å². The molecule has 0 radical (unpaired) electrons. The second kappa shape index (κ2) is 5.60. The SMILES string of the molecule is ClCC1(CCl)[C@H]2[C@@H](Cl)[C@H](Cl)C1(C(Cl)Cl)[C@@H](Cl)C2(Cl)Cl. The van der Waals surface area contributed by atoms with Gasteiger partial charge in [0.05, 0.1) is 16.1 Å². The summed E-state index contributed by atoms with van der Waals surface area (Å²) in [5, 5.41) is -1.99. The van der Waals surface area contributed by atoms with Crippen LogP contribution in [0.4, 0.5) is 0 Å². The first-order valence-corrected chi connectivity index (χ1v) is 9.37. The summed E-state index contributed by atoms with van der Waals surface area (Å²) >= 11 is 56.8. The molecule has 5 atom stereocenters. The zero-order chi connectivity index (χ0) is 14.8. The Kier molecular flexibility index (Phi) is 5.30. The highest BCUT2D eigenvalue weighted by molar-refractivity contribution is 6.55. The van der Waals surface area contributed by atoms with Crippen LogP contribution in [-0.4, -0.2) is 37.1 Å². The largest absolute Gasteiger partial charge is 0.140 e. The molecule has 2 saturated carbocycles. The molecule has 19 heavy (non-hydrogen) atoms. The fourth-order valence-electron chi connectivity index (χ4n) is 3.61. The lowest BCUT2D eigenvalue weighted by Crippen LogP contribution is -2.55. The van der Waals surface area contributed by atoms with Crippen LogP contribution in [-0.2, 0) is 0 Å². The molecule has 0 N–H and O–H groups in total. The first-order valence-electron chi connectivity index (χ1n) is 5.36. The van der Waals surface area contributed by atoms with Crippen LogP contribution in [0, 0.1) is 16.7 Å². The van der Waals surface area contributed by atoms with Crippen molar-refractivity contribution in [2.75, 3.05) is 11.8 Å². The molecule has 2 aliphatic carbocycles. The number of hydrogen-bond acceptors (Lipinski definition) is 0. The van der Waals surface area contributed by atoms with Gasteiger partial charge in [0.25, 0.3) is 0 Å². The molecule has 0 nitrogen and oxygen atoms in total. The highest BCUT2D eigenvalue weighted by Crippen LogP contribution is 2.78. The van der Waals surface area contributed by atoms with Crippen LogP contribution < -0.4 is 0 Å². The fraction of sp³-hybridized carbons (Fsp3) is 1.00. The van der Waals surface area contributed by atoms with Crippen molar-refractivity contribution in [3.8, 4) is 0 Å². The molecule has 2 aliphatic rings. The number of fused-ring (bicyclic) bond motifs is 2. The van der Waals surface area contributed by atoms with E-state index in [0.29, 0.717) is 0 Å². The normalized spacial score (nSPS) is 47.1. The summed E-state index contributed by atoms with van der Waals surface area (Å²) in [5.74, 6) is -0.257. The maximum Gasteiger partial charge on any atom is 0.140 e. The van der Waals surface area contributed by atoms with Crippen LogP contribution in [0.15, 0.2) is 0 Å². The van der Waals surface area contributed by atoms with Gasteiger partial charge >= 0.3 is 0 Å². The predicted molar refractivity (Wildman–Crippen MR) is 88.7 cm³/mol. The van der Waals surface area contributed by atoms with Crippen molar-refractivity contribution in [3.63, 3.8) is 0 Å². The van der Waals surface area contributed by atoms with E-state index in [1.807, 2.05) is 0 Å². The smallest absolute Gasteiger partial charge is 0.126 e. The van der Waals surface area contributed by atoms with E-state index in [-0.39, 0.29) is 11.8 Å². The molecule has 0 saturated heterocycles. The Labute approximate surface area is 157 Å². The van der Waals surface area contributed by atoms with Gasteiger partial charge in [0.1, 0.15) is 9.17 Å². The molecule has 112 valence electrons. The number of hydrogen-bond donors (Lipinski definition) is 0. The summed E-state index contributed by atoms with van der Waals surface area (Å²) in [6.45, 7) is 0. The molecule has 0 aliphatic heterocycles. The Bertz CT molecular complexity index is 366. The molecule has 2 rings (SSSR count). The van der Waals surface area contributed by atoms with Gasteiger partial charge in [0.2, 0.25) is 0 Å². The van der Waals surface area contributed by atoms with E-state index in [1.54, 1.807) is 0 Å². The second-order valence-corrected chi connectivity index (χ2v) is 9.50. The van der Waals surface area contributed by atoms with Gasteiger partial charge in [-0.2, -0.15) is 0 Å². The van der Waals surface area contributed by atoms with E-state index in [1.165, 1.54) is 0 Å². The van der Waals surface area contributed by atoms with Gasteiger partial charge in [-0.15, -0.1) is 81.2 Å². The van der Waals surface area contributed by atoms with Crippen molar-refractivity contribution in [2.45, 2.75) is 25.3 Å². The first kappa shape index (κ1) is 18.0. The minimum absolute atomic E-state index is 0.119. The Morgan fingerprint density at radius 2 is 1.42 bits per heavy atom. The number of rotatable bonds is 3. The van der Waals surface area contributed by atoms with Crippen molar-refractivity contribution >= 4 is 104 Å². The molecule has 1 unspecified atom stereocenters. The van der Waals surface area contributed by atoms with Gasteiger partial charge in [-0.05, 0) is 0 Å². The van der Waals surface area contributed by atoms with E-state index < -0.39 is 42.0 Å². The summed E-state index contributed by atoms with van der Waals surface area (Å²) in [6, 6.07) is 0. The molecule has 0 aromatic rings. The van der Waals surface area contributed by atoms with Crippen molar-refractivity contribution in [1.29, 1.82) is 0 Å². The lowest BCUT2D eigenvalue weighted by Gasteiger charge is -2.46. The summed E-state index contributed by atoms with van der Waals surface area (Å²) in [6.07, 6.45) is 0. The van der Waals surface area contributed by atoms with Gasteiger partial charge in [0, 0.05) is 28.5 Å².